The van der Waals surface area contributed by atoms with Gasteiger partial charge in [0.25, 0.3) is 0 Å². The summed E-state index contributed by atoms with van der Waals surface area (Å²) in [6.45, 7) is 1.33. The van der Waals surface area contributed by atoms with Crippen LogP contribution in [0.25, 0.3) is 0 Å². The molecule has 1 heterocycles. The van der Waals surface area contributed by atoms with Crippen molar-refractivity contribution in [3.05, 3.63) is 108 Å². The molecule has 0 atom stereocenters. The second-order valence-corrected chi connectivity index (χ2v) is 7.00. The van der Waals surface area contributed by atoms with Gasteiger partial charge in [-0.1, -0.05) is 60.7 Å². The molecular formula is C25H24N4O. The summed E-state index contributed by atoms with van der Waals surface area (Å²) in [5, 5.41) is 3.26. The van der Waals surface area contributed by atoms with Crippen LogP contribution in [-0.4, -0.2) is 17.0 Å². The van der Waals surface area contributed by atoms with Gasteiger partial charge in [0.2, 0.25) is 5.95 Å². The number of nitrogens with zero attached hydrogens (tertiary/aromatic N) is 3. The van der Waals surface area contributed by atoms with E-state index in [1.54, 1.807) is 6.20 Å². The first-order valence-electron chi connectivity index (χ1n) is 9.88. The maximum atomic E-state index is 5.84. The van der Waals surface area contributed by atoms with Crippen LogP contribution in [0.2, 0.25) is 0 Å². The van der Waals surface area contributed by atoms with E-state index in [4.69, 9.17) is 4.74 Å². The van der Waals surface area contributed by atoms with Crippen molar-refractivity contribution in [2.45, 2.75) is 13.2 Å². The Morgan fingerprint density at radius 2 is 1.47 bits per heavy atom. The van der Waals surface area contributed by atoms with Gasteiger partial charge in [0, 0.05) is 25.5 Å². The molecule has 0 aliphatic heterocycles. The predicted molar refractivity (Wildman–Crippen MR) is 121 cm³/mol. The standard InChI is InChI=1S/C25H24N4O/c1-29(18-20-8-4-2-5-9-20)24-16-17-26-25(28-24)27-22-12-14-23(15-13-22)30-19-21-10-6-3-7-11-21/h2-17H,18-19H2,1H3,(H,26,27,28). The maximum Gasteiger partial charge on any atom is 0.229 e. The molecular weight excluding hydrogens is 372 g/mol. The number of aromatic nitrogens is 2. The van der Waals surface area contributed by atoms with Gasteiger partial charge in [-0.15, -0.1) is 0 Å². The molecule has 0 saturated heterocycles. The first-order chi connectivity index (χ1) is 14.8. The Bertz CT molecular complexity index is 1050. The van der Waals surface area contributed by atoms with Crippen molar-refractivity contribution in [2.75, 3.05) is 17.3 Å². The second-order valence-electron chi connectivity index (χ2n) is 7.00. The van der Waals surface area contributed by atoms with Gasteiger partial charge in [0.15, 0.2) is 0 Å². The summed E-state index contributed by atoms with van der Waals surface area (Å²) in [4.78, 5) is 11.1. The van der Waals surface area contributed by atoms with Crippen molar-refractivity contribution in [1.29, 1.82) is 0 Å². The van der Waals surface area contributed by atoms with Gasteiger partial charge < -0.3 is 15.0 Å². The molecule has 0 bridgehead atoms. The van der Waals surface area contributed by atoms with E-state index in [1.165, 1.54) is 5.56 Å². The van der Waals surface area contributed by atoms with Crippen LogP contribution in [0.4, 0.5) is 17.5 Å². The van der Waals surface area contributed by atoms with E-state index in [9.17, 15) is 0 Å². The molecule has 4 aromatic rings. The molecule has 3 aromatic carbocycles. The Morgan fingerprint density at radius 3 is 2.17 bits per heavy atom. The Morgan fingerprint density at radius 1 is 0.800 bits per heavy atom. The third-order valence-electron chi connectivity index (χ3n) is 4.65. The lowest BCUT2D eigenvalue weighted by atomic mass is 10.2. The number of rotatable bonds is 8. The number of nitrogens with one attached hydrogen (secondary N) is 1. The van der Waals surface area contributed by atoms with Crippen molar-refractivity contribution < 1.29 is 4.74 Å². The highest BCUT2D eigenvalue weighted by Gasteiger charge is 2.06. The fraction of sp³-hybridized carbons (Fsp3) is 0.120. The average molecular weight is 396 g/mol. The van der Waals surface area contributed by atoms with Crippen LogP contribution in [0, 0.1) is 0 Å². The highest BCUT2D eigenvalue weighted by molar-refractivity contribution is 5.56. The van der Waals surface area contributed by atoms with Crippen LogP contribution in [0.1, 0.15) is 11.1 Å². The summed E-state index contributed by atoms with van der Waals surface area (Å²) in [7, 11) is 2.03. The maximum absolute atomic E-state index is 5.84. The predicted octanol–water partition coefficient (Wildman–Crippen LogP) is 5.44. The topological polar surface area (TPSA) is 50.3 Å². The second kappa shape index (κ2) is 9.56. The van der Waals surface area contributed by atoms with E-state index in [0.29, 0.717) is 12.6 Å². The zero-order valence-corrected chi connectivity index (χ0v) is 16.9. The Hall–Kier alpha value is -3.86. The van der Waals surface area contributed by atoms with Crippen LogP contribution in [-0.2, 0) is 13.2 Å². The van der Waals surface area contributed by atoms with Gasteiger partial charge in [-0.2, -0.15) is 4.98 Å². The van der Waals surface area contributed by atoms with Crippen LogP contribution in [0.3, 0.4) is 0 Å². The molecule has 0 radical (unpaired) electrons. The third kappa shape index (κ3) is 5.35. The average Bonchev–Trinajstić information content (AvgIpc) is 2.80. The van der Waals surface area contributed by atoms with Crippen molar-refractivity contribution in [1.82, 2.24) is 9.97 Å². The lowest BCUT2D eigenvalue weighted by Crippen LogP contribution is -2.18. The van der Waals surface area contributed by atoms with Crippen LogP contribution in [0.5, 0.6) is 5.75 Å². The fourth-order valence-corrected chi connectivity index (χ4v) is 3.06. The van der Waals surface area contributed by atoms with Gasteiger partial charge in [0.05, 0.1) is 0 Å². The van der Waals surface area contributed by atoms with E-state index in [2.05, 4.69) is 44.5 Å². The SMILES string of the molecule is CN(Cc1ccccc1)c1ccnc(Nc2ccc(OCc3ccccc3)cc2)n1. The van der Waals surface area contributed by atoms with Crippen LogP contribution in [0.15, 0.2) is 97.2 Å². The minimum atomic E-state index is 0.548. The lowest BCUT2D eigenvalue weighted by molar-refractivity contribution is 0.306. The Balaban J connectivity index is 1.36. The molecule has 1 N–H and O–H groups in total. The van der Waals surface area contributed by atoms with Crippen molar-refractivity contribution >= 4 is 17.5 Å². The molecule has 0 aliphatic carbocycles. The fourth-order valence-electron chi connectivity index (χ4n) is 3.06. The van der Waals surface area contributed by atoms with Gasteiger partial charge in [0.1, 0.15) is 18.2 Å². The summed E-state index contributed by atoms with van der Waals surface area (Å²) >= 11 is 0. The van der Waals surface area contributed by atoms with Crippen LogP contribution < -0.4 is 15.0 Å². The number of ether oxygens (including phenoxy) is 1. The number of hydrogen-bond donors (Lipinski definition) is 1. The molecule has 5 heteroatoms. The molecule has 1 aromatic heterocycles. The molecule has 0 aliphatic rings. The number of benzene rings is 3. The minimum absolute atomic E-state index is 0.548. The molecule has 150 valence electrons. The molecule has 0 amide bonds. The van der Waals surface area contributed by atoms with E-state index >= 15 is 0 Å². The van der Waals surface area contributed by atoms with E-state index in [1.807, 2.05) is 73.8 Å². The first-order valence-corrected chi connectivity index (χ1v) is 9.88. The normalized spacial score (nSPS) is 10.4. The lowest BCUT2D eigenvalue weighted by Gasteiger charge is -2.18. The monoisotopic (exact) mass is 396 g/mol. The summed E-state index contributed by atoms with van der Waals surface area (Å²) in [6, 6.07) is 30.2. The highest BCUT2D eigenvalue weighted by Crippen LogP contribution is 2.20. The van der Waals surface area contributed by atoms with E-state index < -0.39 is 0 Å². The first kappa shape index (κ1) is 19.5. The summed E-state index contributed by atoms with van der Waals surface area (Å²) in [5.41, 5.74) is 3.29. The zero-order chi connectivity index (χ0) is 20.6. The summed E-state index contributed by atoms with van der Waals surface area (Å²) in [5.74, 6) is 2.24. The zero-order valence-electron chi connectivity index (χ0n) is 16.9. The number of hydrogen-bond acceptors (Lipinski definition) is 5. The van der Waals surface area contributed by atoms with E-state index in [0.717, 1.165) is 29.4 Å². The van der Waals surface area contributed by atoms with Crippen molar-refractivity contribution in [3.63, 3.8) is 0 Å². The Labute approximate surface area is 177 Å². The van der Waals surface area contributed by atoms with E-state index in [-0.39, 0.29) is 0 Å². The van der Waals surface area contributed by atoms with Gasteiger partial charge in [-0.25, -0.2) is 4.98 Å². The highest BCUT2D eigenvalue weighted by atomic mass is 16.5. The van der Waals surface area contributed by atoms with Gasteiger partial charge in [-0.3, -0.25) is 0 Å². The molecule has 30 heavy (non-hydrogen) atoms. The van der Waals surface area contributed by atoms with Gasteiger partial charge >= 0.3 is 0 Å². The van der Waals surface area contributed by atoms with Crippen LogP contribution >= 0.6 is 0 Å². The Kier molecular flexibility index (Phi) is 6.20. The number of anilines is 3. The largest absolute Gasteiger partial charge is 0.489 e. The van der Waals surface area contributed by atoms with Crippen molar-refractivity contribution in [3.8, 4) is 5.75 Å². The molecule has 0 spiro atoms. The third-order valence-corrected chi connectivity index (χ3v) is 4.65. The molecule has 0 saturated carbocycles. The quantitative estimate of drug-likeness (QED) is 0.430. The molecule has 5 nitrogen and oxygen atoms in total. The summed E-state index contributed by atoms with van der Waals surface area (Å²) < 4.78 is 5.84. The van der Waals surface area contributed by atoms with Crippen molar-refractivity contribution in [2.24, 2.45) is 0 Å². The molecule has 0 fully saturated rings. The smallest absolute Gasteiger partial charge is 0.229 e. The molecule has 4 rings (SSSR count). The summed E-state index contributed by atoms with van der Waals surface area (Å²) in [6.07, 6.45) is 1.77. The molecule has 0 unspecified atom stereocenters. The minimum Gasteiger partial charge on any atom is -0.489 e. The van der Waals surface area contributed by atoms with Gasteiger partial charge in [-0.05, 0) is 41.5 Å².